The summed E-state index contributed by atoms with van der Waals surface area (Å²) in [5.74, 6) is 0. The number of nitrogens with two attached hydrogens (primary N) is 1. The number of imidazole rings is 1. The first-order valence-electron chi connectivity index (χ1n) is 7.31. The number of anilines is 1. The van der Waals surface area contributed by atoms with Gasteiger partial charge in [0.05, 0.1) is 18.6 Å². The zero-order valence-corrected chi connectivity index (χ0v) is 15.1. The Bertz CT molecular complexity index is 931. The molecule has 0 saturated carbocycles. The van der Waals surface area contributed by atoms with Crippen LogP contribution >= 0.6 is 15.6 Å². The van der Waals surface area contributed by atoms with Gasteiger partial charge in [0, 0.05) is 6.20 Å². The molecule has 1 aliphatic heterocycles. The van der Waals surface area contributed by atoms with Gasteiger partial charge in [0.2, 0.25) is 0 Å². The summed E-state index contributed by atoms with van der Waals surface area (Å²) < 4.78 is 36.9. The highest BCUT2D eigenvalue weighted by Crippen LogP contribution is 2.57. The van der Waals surface area contributed by atoms with Gasteiger partial charge in [-0.3, -0.25) is 9.09 Å². The third kappa shape index (κ3) is 4.36. The molecule has 16 heteroatoms. The Kier molecular flexibility index (Phi) is 5.40. The lowest BCUT2D eigenvalue weighted by molar-refractivity contribution is -0.0503. The molecule has 5 atom stereocenters. The van der Waals surface area contributed by atoms with Crippen molar-refractivity contribution in [3.05, 3.63) is 18.6 Å². The van der Waals surface area contributed by atoms with Gasteiger partial charge in [-0.2, -0.15) is 4.31 Å². The smallest absolute Gasteiger partial charge is 0.397 e. The van der Waals surface area contributed by atoms with Crippen molar-refractivity contribution < 1.29 is 47.6 Å². The summed E-state index contributed by atoms with van der Waals surface area (Å²) in [6.07, 6.45) is -2.83. The molecule has 7 N–H and O–H groups in total. The second-order valence-electron chi connectivity index (χ2n) is 5.61. The Hall–Kier alpha value is -1.44. The second-order valence-corrected chi connectivity index (χ2v) is 8.44. The zero-order chi connectivity index (χ0) is 20.0. The molecule has 0 aliphatic carbocycles. The molecule has 1 aliphatic rings. The first kappa shape index (κ1) is 20.3. The van der Waals surface area contributed by atoms with E-state index in [1.165, 1.54) is 23.2 Å². The predicted octanol–water partition coefficient (Wildman–Crippen LogP) is -1.14. The monoisotopic (exact) mass is 426 g/mol. The maximum Gasteiger partial charge on any atom is 0.481 e. The summed E-state index contributed by atoms with van der Waals surface area (Å²) in [5.41, 5.74) is 6.73. The Morgan fingerprint density at radius 2 is 1.93 bits per heavy atom. The average molecular weight is 426 g/mol. The Labute approximate surface area is 151 Å². The SMILES string of the molecule is Nc1ccnc2c1ncn2[C@@H]1O[C@H](COP(=O)(O)OP(=O)(O)O)[C@H](O)C1O. The van der Waals surface area contributed by atoms with Crippen molar-refractivity contribution in [3.8, 4) is 0 Å². The number of pyridine rings is 1. The molecular weight excluding hydrogens is 410 g/mol. The highest BCUT2D eigenvalue weighted by atomic mass is 31.3. The van der Waals surface area contributed by atoms with E-state index in [1.54, 1.807) is 0 Å². The molecule has 2 unspecified atom stereocenters. The fraction of sp³-hybridized carbons (Fsp3) is 0.455. The van der Waals surface area contributed by atoms with Crippen LogP contribution < -0.4 is 5.73 Å². The molecule has 2 aromatic heterocycles. The number of nitrogen functional groups attached to an aromatic ring is 1. The number of aliphatic hydroxyl groups excluding tert-OH is 2. The van der Waals surface area contributed by atoms with Crippen molar-refractivity contribution in [1.82, 2.24) is 14.5 Å². The van der Waals surface area contributed by atoms with E-state index in [9.17, 15) is 24.2 Å². The van der Waals surface area contributed by atoms with Gasteiger partial charge >= 0.3 is 15.6 Å². The minimum Gasteiger partial charge on any atom is -0.397 e. The third-order valence-corrected chi connectivity index (χ3v) is 5.87. The van der Waals surface area contributed by atoms with Gasteiger partial charge in [-0.15, -0.1) is 0 Å². The molecule has 3 heterocycles. The molecule has 0 bridgehead atoms. The minimum absolute atomic E-state index is 0.269. The van der Waals surface area contributed by atoms with Crippen LogP contribution in [0.5, 0.6) is 0 Å². The van der Waals surface area contributed by atoms with Crippen LogP contribution in [0.3, 0.4) is 0 Å². The maximum absolute atomic E-state index is 11.5. The number of aromatic nitrogens is 3. The van der Waals surface area contributed by atoms with E-state index in [0.717, 1.165) is 0 Å². The van der Waals surface area contributed by atoms with Crippen LogP contribution in [0.25, 0.3) is 11.2 Å². The van der Waals surface area contributed by atoms with Crippen LogP contribution in [0.4, 0.5) is 5.69 Å². The Balaban J connectivity index is 1.75. The van der Waals surface area contributed by atoms with Gasteiger partial charge in [0.25, 0.3) is 0 Å². The average Bonchev–Trinajstić information content (AvgIpc) is 3.07. The van der Waals surface area contributed by atoms with Crippen molar-refractivity contribution in [2.45, 2.75) is 24.5 Å². The number of ether oxygens (including phenoxy) is 1. The first-order valence-corrected chi connectivity index (χ1v) is 10.3. The van der Waals surface area contributed by atoms with Crippen molar-refractivity contribution in [2.75, 3.05) is 12.3 Å². The standard InChI is InChI=1S/C11H16N4O10P2/c12-5-1-2-13-10-7(5)14-4-15(10)11-9(17)8(16)6(24-11)3-23-27(21,22)25-26(18,19)20/h1-2,4,6,8-9,11,16-17H,3H2,(H2,12,13)(H,21,22)(H2,18,19,20)/t6-,8+,9?,11-/m1/s1. The highest BCUT2D eigenvalue weighted by molar-refractivity contribution is 7.60. The molecule has 1 saturated heterocycles. The molecule has 0 spiro atoms. The first-order chi connectivity index (χ1) is 12.5. The maximum atomic E-state index is 11.5. The van der Waals surface area contributed by atoms with Crippen molar-refractivity contribution >= 4 is 32.5 Å². The number of rotatable bonds is 6. The van der Waals surface area contributed by atoms with E-state index < -0.39 is 46.8 Å². The lowest BCUT2D eigenvalue weighted by Crippen LogP contribution is -2.33. The number of hydrogen-bond donors (Lipinski definition) is 6. The van der Waals surface area contributed by atoms with E-state index in [1.807, 2.05) is 0 Å². The number of hydrogen-bond acceptors (Lipinski definition) is 10. The molecule has 0 amide bonds. The van der Waals surface area contributed by atoms with E-state index >= 15 is 0 Å². The molecule has 150 valence electrons. The van der Waals surface area contributed by atoms with Crippen LogP contribution in [0.15, 0.2) is 18.6 Å². The fourth-order valence-corrected chi connectivity index (χ4v) is 4.16. The van der Waals surface area contributed by atoms with Gasteiger partial charge in [0.1, 0.15) is 23.8 Å². The third-order valence-electron chi connectivity index (χ3n) is 3.71. The summed E-state index contributed by atoms with van der Waals surface area (Å²) in [7, 11) is -10.4. The molecule has 0 radical (unpaired) electrons. The van der Waals surface area contributed by atoms with E-state index in [4.69, 9.17) is 20.3 Å². The summed E-state index contributed by atoms with van der Waals surface area (Å²) in [4.78, 5) is 34.5. The predicted molar refractivity (Wildman–Crippen MR) is 86.8 cm³/mol. The topological polar surface area (TPSA) is 220 Å². The molecule has 14 nitrogen and oxygen atoms in total. The van der Waals surface area contributed by atoms with Crippen LogP contribution in [0, 0.1) is 0 Å². The number of phosphoric ester groups is 1. The van der Waals surface area contributed by atoms with Gasteiger partial charge in [-0.25, -0.2) is 19.1 Å². The largest absolute Gasteiger partial charge is 0.481 e. The number of aliphatic hydroxyl groups is 2. The highest BCUT2D eigenvalue weighted by Gasteiger charge is 2.46. The van der Waals surface area contributed by atoms with Crippen molar-refractivity contribution in [2.24, 2.45) is 0 Å². The number of nitrogens with zero attached hydrogens (tertiary/aromatic N) is 3. The molecule has 3 rings (SSSR count). The molecular formula is C11H16N4O10P2. The number of fused-ring (bicyclic) bond motifs is 1. The van der Waals surface area contributed by atoms with E-state index in [0.29, 0.717) is 11.2 Å². The normalized spacial score (nSPS) is 28.5. The molecule has 1 fully saturated rings. The van der Waals surface area contributed by atoms with Crippen LogP contribution in [-0.4, -0.2) is 64.3 Å². The van der Waals surface area contributed by atoms with E-state index in [2.05, 4.69) is 18.8 Å². The van der Waals surface area contributed by atoms with Gasteiger partial charge < -0.3 is 35.4 Å². The summed E-state index contributed by atoms with van der Waals surface area (Å²) in [6.45, 7) is -0.801. The van der Waals surface area contributed by atoms with Crippen LogP contribution in [-0.2, 0) is 22.7 Å². The minimum atomic E-state index is -5.28. The lowest BCUT2D eigenvalue weighted by atomic mass is 10.1. The second kappa shape index (κ2) is 7.18. The Morgan fingerprint density at radius 1 is 1.22 bits per heavy atom. The van der Waals surface area contributed by atoms with Gasteiger partial charge in [-0.1, -0.05) is 0 Å². The van der Waals surface area contributed by atoms with Crippen molar-refractivity contribution in [3.63, 3.8) is 0 Å². The number of phosphoric acid groups is 2. The fourth-order valence-electron chi connectivity index (χ4n) is 2.56. The van der Waals surface area contributed by atoms with Gasteiger partial charge in [-0.05, 0) is 6.07 Å². The van der Waals surface area contributed by atoms with Crippen LogP contribution in [0.1, 0.15) is 6.23 Å². The van der Waals surface area contributed by atoms with Crippen molar-refractivity contribution in [1.29, 1.82) is 0 Å². The zero-order valence-electron chi connectivity index (χ0n) is 13.3. The summed E-state index contributed by atoms with van der Waals surface area (Å²) in [5, 5.41) is 20.3. The van der Waals surface area contributed by atoms with Crippen LogP contribution in [0.2, 0.25) is 0 Å². The quantitative estimate of drug-likeness (QED) is 0.301. The molecule has 2 aromatic rings. The van der Waals surface area contributed by atoms with Gasteiger partial charge in [0.15, 0.2) is 11.9 Å². The molecule has 0 aromatic carbocycles. The van der Waals surface area contributed by atoms with E-state index in [-0.39, 0.29) is 5.65 Å². The molecule has 27 heavy (non-hydrogen) atoms. The summed E-state index contributed by atoms with van der Waals surface area (Å²) >= 11 is 0. The lowest BCUT2D eigenvalue weighted by Gasteiger charge is -2.17. The summed E-state index contributed by atoms with van der Waals surface area (Å²) in [6, 6.07) is 1.52. The Morgan fingerprint density at radius 3 is 2.59 bits per heavy atom.